The van der Waals surface area contributed by atoms with E-state index in [-0.39, 0.29) is 5.57 Å². The summed E-state index contributed by atoms with van der Waals surface area (Å²) >= 11 is 3.15. The second kappa shape index (κ2) is 4.52. The Morgan fingerprint density at radius 3 is 2.26 bits per heavy atom. The van der Waals surface area contributed by atoms with Crippen molar-refractivity contribution in [1.29, 1.82) is 0 Å². The minimum Gasteiger partial charge on any atom is -0.450 e. The quantitative estimate of drug-likeness (QED) is 0.451. The van der Waals surface area contributed by atoms with Crippen molar-refractivity contribution in [2.24, 2.45) is 0 Å². The molecule has 0 amide bonds. The van der Waals surface area contributed by atoms with Gasteiger partial charge in [-0.05, 0) is 40.9 Å². The summed E-state index contributed by atoms with van der Waals surface area (Å²) in [5, 5.41) is 0. The summed E-state index contributed by atoms with van der Waals surface area (Å²) in [6.07, 6.45) is 4.26. The zero-order chi connectivity index (χ0) is 13.5. The normalized spacial score (nSPS) is 21.4. The summed E-state index contributed by atoms with van der Waals surface area (Å²) in [5.41, 5.74) is -0.139. The van der Waals surface area contributed by atoms with Crippen LogP contribution in [0, 0.1) is 0 Å². The van der Waals surface area contributed by atoms with Crippen molar-refractivity contribution in [2.75, 3.05) is 0 Å². The van der Waals surface area contributed by atoms with Crippen molar-refractivity contribution >= 4 is 33.9 Å². The molecule has 1 spiro atoms. The fourth-order valence-electron chi connectivity index (χ4n) is 2.34. The molecule has 6 heteroatoms. The van der Waals surface area contributed by atoms with Crippen LogP contribution >= 0.6 is 15.9 Å². The lowest BCUT2D eigenvalue weighted by atomic mass is 10.1. The number of hydrogen-bond donors (Lipinski definition) is 0. The molecule has 1 aromatic rings. The van der Waals surface area contributed by atoms with E-state index in [0.717, 1.165) is 12.8 Å². The van der Waals surface area contributed by atoms with Gasteiger partial charge in [0.25, 0.3) is 5.79 Å². The van der Waals surface area contributed by atoms with Gasteiger partial charge in [-0.15, -0.1) is 0 Å². The highest BCUT2D eigenvalue weighted by molar-refractivity contribution is 9.10. The SMILES string of the molecule is O=C1OC2(CCCC2)OC(=O)C1=Cc1ccc(Br)o1. The van der Waals surface area contributed by atoms with Crippen LogP contribution in [0.5, 0.6) is 0 Å². The Morgan fingerprint density at radius 2 is 1.74 bits per heavy atom. The van der Waals surface area contributed by atoms with E-state index in [4.69, 9.17) is 13.9 Å². The third-order valence-electron chi connectivity index (χ3n) is 3.24. The molecule has 19 heavy (non-hydrogen) atoms. The second-order valence-electron chi connectivity index (χ2n) is 4.60. The average Bonchev–Trinajstić information content (AvgIpc) is 2.94. The van der Waals surface area contributed by atoms with Crippen LogP contribution in [0.3, 0.4) is 0 Å². The van der Waals surface area contributed by atoms with E-state index in [2.05, 4.69) is 15.9 Å². The minimum atomic E-state index is -1.03. The van der Waals surface area contributed by atoms with Crippen LogP contribution < -0.4 is 0 Å². The summed E-state index contributed by atoms with van der Waals surface area (Å²) in [4.78, 5) is 23.9. The highest BCUT2D eigenvalue weighted by Crippen LogP contribution is 2.38. The monoisotopic (exact) mass is 326 g/mol. The lowest BCUT2D eigenvalue weighted by molar-refractivity contribution is -0.232. The summed E-state index contributed by atoms with van der Waals surface area (Å²) in [7, 11) is 0. The average molecular weight is 327 g/mol. The van der Waals surface area contributed by atoms with Crippen molar-refractivity contribution in [3.8, 4) is 0 Å². The Hall–Kier alpha value is -1.56. The molecule has 0 bridgehead atoms. The highest BCUT2D eigenvalue weighted by Gasteiger charge is 2.47. The molecule has 0 aromatic carbocycles. The topological polar surface area (TPSA) is 65.7 Å². The molecule has 2 aliphatic rings. The first kappa shape index (κ1) is 12.5. The summed E-state index contributed by atoms with van der Waals surface area (Å²) in [6, 6.07) is 3.31. The molecule has 0 atom stereocenters. The molecule has 0 radical (unpaired) electrons. The van der Waals surface area contributed by atoms with Gasteiger partial charge in [0.1, 0.15) is 11.3 Å². The highest BCUT2D eigenvalue weighted by atomic mass is 79.9. The summed E-state index contributed by atoms with van der Waals surface area (Å²) in [5.74, 6) is -1.94. The minimum absolute atomic E-state index is 0.139. The van der Waals surface area contributed by atoms with Gasteiger partial charge in [0.05, 0.1) is 0 Å². The molecule has 5 nitrogen and oxygen atoms in total. The maximum Gasteiger partial charge on any atom is 0.349 e. The van der Waals surface area contributed by atoms with E-state index in [1.807, 2.05) is 0 Å². The molecule has 1 saturated carbocycles. The third kappa shape index (κ3) is 2.32. The largest absolute Gasteiger partial charge is 0.450 e. The molecule has 1 aliphatic carbocycles. The Balaban J connectivity index is 1.86. The van der Waals surface area contributed by atoms with Crippen LogP contribution in [-0.2, 0) is 19.1 Å². The smallest absolute Gasteiger partial charge is 0.349 e. The van der Waals surface area contributed by atoms with Gasteiger partial charge in [0, 0.05) is 18.9 Å². The molecule has 2 heterocycles. The van der Waals surface area contributed by atoms with E-state index in [1.165, 1.54) is 6.08 Å². The van der Waals surface area contributed by atoms with Crippen LogP contribution in [0.25, 0.3) is 6.08 Å². The number of rotatable bonds is 1. The van der Waals surface area contributed by atoms with E-state index in [9.17, 15) is 9.59 Å². The molecule has 0 N–H and O–H groups in total. The molecule has 3 rings (SSSR count). The van der Waals surface area contributed by atoms with Crippen molar-refractivity contribution in [3.05, 3.63) is 28.1 Å². The van der Waals surface area contributed by atoms with E-state index < -0.39 is 17.7 Å². The van der Waals surface area contributed by atoms with Gasteiger partial charge in [0.15, 0.2) is 4.67 Å². The number of ether oxygens (including phenoxy) is 2. The Kier molecular flexibility index (Phi) is 2.97. The molecule has 1 aliphatic heterocycles. The molecule has 1 aromatic heterocycles. The van der Waals surface area contributed by atoms with Gasteiger partial charge in [-0.25, -0.2) is 9.59 Å². The zero-order valence-corrected chi connectivity index (χ0v) is 11.6. The Labute approximate surface area is 117 Å². The van der Waals surface area contributed by atoms with Crippen LogP contribution in [0.2, 0.25) is 0 Å². The first-order chi connectivity index (χ1) is 9.08. The Bertz CT molecular complexity index is 543. The van der Waals surface area contributed by atoms with Crippen LogP contribution in [-0.4, -0.2) is 17.7 Å². The fourth-order valence-corrected chi connectivity index (χ4v) is 2.65. The van der Waals surface area contributed by atoms with Crippen molar-refractivity contribution in [2.45, 2.75) is 31.5 Å². The van der Waals surface area contributed by atoms with Crippen molar-refractivity contribution in [3.63, 3.8) is 0 Å². The van der Waals surface area contributed by atoms with Crippen molar-refractivity contribution < 1.29 is 23.5 Å². The molecule has 2 fully saturated rings. The van der Waals surface area contributed by atoms with Gasteiger partial charge in [-0.1, -0.05) is 0 Å². The zero-order valence-electron chi connectivity index (χ0n) is 9.98. The molecular formula is C13H11BrO5. The van der Waals surface area contributed by atoms with E-state index >= 15 is 0 Å². The van der Waals surface area contributed by atoms with Gasteiger partial charge >= 0.3 is 11.9 Å². The summed E-state index contributed by atoms with van der Waals surface area (Å²) in [6.45, 7) is 0. The number of carbonyl (C=O) groups is 2. The second-order valence-corrected chi connectivity index (χ2v) is 5.38. The van der Waals surface area contributed by atoms with E-state index in [0.29, 0.717) is 23.3 Å². The number of esters is 2. The first-order valence-electron chi connectivity index (χ1n) is 6.02. The number of carbonyl (C=O) groups excluding carboxylic acids is 2. The van der Waals surface area contributed by atoms with Crippen molar-refractivity contribution in [1.82, 2.24) is 0 Å². The summed E-state index contributed by atoms with van der Waals surface area (Å²) < 4.78 is 16.3. The maximum absolute atomic E-state index is 11.9. The first-order valence-corrected chi connectivity index (χ1v) is 6.81. The predicted molar refractivity (Wildman–Crippen MR) is 67.8 cm³/mol. The molecule has 0 unspecified atom stereocenters. The van der Waals surface area contributed by atoms with Crippen LogP contribution in [0.15, 0.2) is 26.8 Å². The lowest BCUT2D eigenvalue weighted by Crippen LogP contribution is -2.44. The van der Waals surface area contributed by atoms with Gasteiger partial charge in [-0.3, -0.25) is 0 Å². The van der Waals surface area contributed by atoms with E-state index in [1.54, 1.807) is 12.1 Å². The Morgan fingerprint density at radius 1 is 1.11 bits per heavy atom. The predicted octanol–water partition coefficient (Wildman–Crippen LogP) is 2.80. The number of furan rings is 1. The lowest BCUT2D eigenvalue weighted by Gasteiger charge is -2.32. The molecule has 100 valence electrons. The van der Waals surface area contributed by atoms with Gasteiger partial charge in [-0.2, -0.15) is 0 Å². The molecule has 1 saturated heterocycles. The number of halogens is 1. The van der Waals surface area contributed by atoms with Gasteiger partial charge < -0.3 is 13.9 Å². The van der Waals surface area contributed by atoms with Gasteiger partial charge in [0.2, 0.25) is 0 Å². The fraction of sp³-hybridized carbons (Fsp3) is 0.385. The maximum atomic E-state index is 11.9. The number of hydrogen-bond acceptors (Lipinski definition) is 5. The molecular weight excluding hydrogens is 316 g/mol. The van der Waals surface area contributed by atoms with Crippen LogP contribution in [0.4, 0.5) is 0 Å². The standard InChI is InChI=1S/C13H11BrO5/c14-10-4-3-8(17-10)7-9-11(15)18-13(19-12(9)16)5-1-2-6-13/h3-4,7H,1-2,5-6H2. The van der Waals surface area contributed by atoms with Crippen LogP contribution in [0.1, 0.15) is 31.4 Å². The third-order valence-corrected chi connectivity index (χ3v) is 3.67.